The molecule has 0 radical (unpaired) electrons. The smallest absolute Gasteiger partial charge is 0.231 e. The van der Waals surface area contributed by atoms with Crippen LogP contribution in [0.1, 0.15) is 5.56 Å². The highest BCUT2D eigenvalue weighted by atomic mass is 79.9. The molecule has 17 heavy (non-hydrogen) atoms. The molecule has 1 N–H and O–H groups in total. The average Bonchev–Trinajstić information content (AvgIpc) is 2.95. The van der Waals surface area contributed by atoms with E-state index in [4.69, 9.17) is 9.47 Å². The van der Waals surface area contributed by atoms with Gasteiger partial charge >= 0.3 is 0 Å². The standard InChI is InChI=1S/C12H11BrN2O2/c13-10-6-12-11(16-8-17-12)5-9(10)7-14-15-3-1-2-4-15/h1-6,14H,7-8H2. The van der Waals surface area contributed by atoms with Crippen LogP contribution in [0.4, 0.5) is 0 Å². The summed E-state index contributed by atoms with van der Waals surface area (Å²) in [6, 6.07) is 7.88. The number of halogens is 1. The van der Waals surface area contributed by atoms with Gasteiger partial charge in [0.2, 0.25) is 6.79 Å². The molecule has 0 aliphatic carbocycles. The topological polar surface area (TPSA) is 35.4 Å². The lowest BCUT2D eigenvalue weighted by Crippen LogP contribution is -2.12. The van der Waals surface area contributed by atoms with Crippen molar-refractivity contribution >= 4 is 15.9 Å². The van der Waals surface area contributed by atoms with E-state index in [-0.39, 0.29) is 0 Å². The molecule has 0 saturated carbocycles. The van der Waals surface area contributed by atoms with Gasteiger partial charge in [-0.15, -0.1) is 0 Å². The molecule has 88 valence electrons. The number of benzene rings is 1. The minimum Gasteiger partial charge on any atom is -0.454 e. The van der Waals surface area contributed by atoms with Crippen molar-refractivity contribution in [1.82, 2.24) is 4.68 Å². The van der Waals surface area contributed by atoms with Crippen LogP contribution in [0.5, 0.6) is 11.5 Å². The summed E-state index contributed by atoms with van der Waals surface area (Å²) < 4.78 is 13.6. The van der Waals surface area contributed by atoms with Crippen LogP contribution in [0.15, 0.2) is 41.1 Å². The summed E-state index contributed by atoms with van der Waals surface area (Å²) >= 11 is 3.53. The van der Waals surface area contributed by atoms with Gasteiger partial charge in [0.1, 0.15) is 0 Å². The van der Waals surface area contributed by atoms with Gasteiger partial charge in [0.15, 0.2) is 11.5 Å². The molecule has 0 spiro atoms. The number of nitrogens with one attached hydrogen (secondary N) is 1. The molecule has 0 fully saturated rings. The van der Waals surface area contributed by atoms with Crippen molar-refractivity contribution in [2.45, 2.75) is 6.54 Å². The van der Waals surface area contributed by atoms with E-state index < -0.39 is 0 Å². The predicted octanol–water partition coefficient (Wildman–Crippen LogP) is 2.72. The average molecular weight is 295 g/mol. The monoisotopic (exact) mass is 294 g/mol. The van der Waals surface area contributed by atoms with E-state index in [0.29, 0.717) is 13.3 Å². The van der Waals surface area contributed by atoms with Gasteiger partial charge in [0.05, 0.1) is 6.54 Å². The van der Waals surface area contributed by atoms with E-state index in [0.717, 1.165) is 21.5 Å². The third-order valence-electron chi connectivity index (χ3n) is 2.60. The lowest BCUT2D eigenvalue weighted by Gasteiger charge is -2.10. The van der Waals surface area contributed by atoms with Gasteiger partial charge in [0, 0.05) is 16.9 Å². The first kappa shape index (κ1) is 10.5. The number of rotatable bonds is 3. The van der Waals surface area contributed by atoms with Crippen LogP contribution in [-0.2, 0) is 6.54 Å². The second kappa shape index (κ2) is 4.33. The third-order valence-corrected chi connectivity index (χ3v) is 3.34. The maximum absolute atomic E-state index is 5.35. The van der Waals surface area contributed by atoms with E-state index >= 15 is 0 Å². The number of ether oxygens (including phenoxy) is 2. The second-order valence-electron chi connectivity index (χ2n) is 3.72. The quantitative estimate of drug-likeness (QED) is 0.945. The summed E-state index contributed by atoms with van der Waals surface area (Å²) in [4.78, 5) is 0. The molecule has 0 unspecified atom stereocenters. The zero-order chi connectivity index (χ0) is 11.7. The lowest BCUT2D eigenvalue weighted by atomic mass is 10.2. The normalized spacial score (nSPS) is 12.8. The summed E-state index contributed by atoms with van der Waals surface area (Å²) in [7, 11) is 0. The van der Waals surface area contributed by atoms with Gasteiger partial charge < -0.3 is 14.9 Å². The summed E-state index contributed by atoms with van der Waals surface area (Å²) in [5.41, 5.74) is 4.39. The molecule has 2 heterocycles. The highest BCUT2D eigenvalue weighted by molar-refractivity contribution is 9.10. The first-order valence-corrected chi connectivity index (χ1v) is 6.07. The van der Waals surface area contributed by atoms with Crippen LogP contribution >= 0.6 is 15.9 Å². The summed E-state index contributed by atoms with van der Waals surface area (Å²) in [6.07, 6.45) is 3.92. The Labute approximate surface area is 107 Å². The van der Waals surface area contributed by atoms with Crippen LogP contribution in [0.25, 0.3) is 0 Å². The van der Waals surface area contributed by atoms with Gasteiger partial charge in [-0.3, -0.25) is 4.68 Å². The summed E-state index contributed by atoms with van der Waals surface area (Å²) in [6.45, 7) is 1.02. The van der Waals surface area contributed by atoms with E-state index in [2.05, 4.69) is 21.4 Å². The minimum absolute atomic E-state index is 0.302. The Bertz CT molecular complexity index is 526. The fourth-order valence-corrected chi connectivity index (χ4v) is 2.17. The molecule has 5 heteroatoms. The Hall–Kier alpha value is -1.62. The van der Waals surface area contributed by atoms with Gasteiger partial charge in [-0.2, -0.15) is 0 Å². The highest BCUT2D eigenvalue weighted by Gasteiger charge is 2.15. The molecule has 0 saturated heterocycles. The van der Waals surface area contributed by atoms with Crippen LogP contribution in [0, 0.1) is 0 Å². The minimum atomic E-state index is 0.302. The molecular formula is C12H11BrN2O2. The van der Waals surface area contributed by atoms with E-state index in [1.165, 1.54) is 0 Å². The summed E-state index contributed by atoms with van der Waals surface area (Å²) in [5, 5.41) is 0. The fourth-order valence-electron chi connectivity index (χ4n) is 1.71. The van der Waals surface area contributed by atoms with Crippen molar-refractivity contribution in [3.8, 4) is 11.5 Å². The molecule has 1 aliphatic rings. The predicted molar refractivity (Wildman–Crippen MR) is 67.8 cm³/mol. The second-order valence-corrected chi connectivity index (χ2v) is 4.58. The van der Waals surface area contributed by atoms with Crippen molar-refractivity contribution in [3.63, 3.8) is 0 Å². The van der Waals surface area contributed by atoms with Gasteiger partial charge in [0.25, 0.3) is 0 Å². The van der Waals surface area contributed by atoms with Gasteiger partial charge in [-0.1, -0.05) is 15.9 Å². The van der Waals surface area contributed by atoms with Crippen LogP contribution in [0.3, 0.4) is 0 Å². The largest absolute Gasteiger partial charge is 0.454 e. The van der Waals surface area contributed by atoms with Crippen LogP contribution < -0.4 is 14.9 Å². The van der Waals surface area contributed by atoms with Crippen LogP contribution in [0.2, 0.25) is 0 Å². The van der Waals surface area contributed by atoms with Crippen LogP contribution in [-0.4, -0.2) is 11.5 Å². The number of fused-ring (bicyclic) bond motifs is 1. The number of nitrogens with zero attached hydrogens (tertiary/aromatic N) is 1. The van der Waals surface area contributed by atoms with Crippen molar-refractivity contribution in [1.29, 1.82) is 0 Å². The molecule has 1 aromatic carbocycles. The molecule has 4 nitrogen and oxygen atoms in total. The summed E-state index contributed by atoms with van der Waals surface area (Å²) in [5.74, 6) is 1.60. The fraction of sp³-hybridized carbons (Fsp3) is 0.167. The maximum Gasteiger partial charge on any atom is 0.231 e. The first-order valence-electron chi connectivity index (χ1n) is 5.28. The Morgan fingerprint density at radius 1 is 1.18 bits per heavy atom. The molecule has 1 aromatic heterocycles. The third kappa shape index (κ3) is 2.10. The molecule has 0 atom stereocenters. The molecule has 0 amide bonds. The van der Waals surface area contributed by atoms with E-state index in [1.54, 1.807) is 0 Å². The van der Waals surface area contributed by atoms with Gasteiger partial charge in [-0.25, -0.2) is 0 Å². The van der Waals surface area contributed by atoms with Crippen molar-refractivity contribution < 1.29 is 9.47 Å². The van der Waals surface area contributed by atoms with E-state index in [1.807, 2.05) is 41.3 Å². The Balaban J connectivity index is 1.79. The molecule has 0 bridgehead atoms. The molecule has 3 rings (SSSR count). The zero-order valence-electron chi connectivity index (χ0n) is 9.02. The number of hydrogen-bond donors (Lipinski definition) is 1. The van der Waals surface area contributed by atoms with Crippen molar-refractivity contribution in [2.24, 2.45) is 0 Å². The maximum atomic E-state index is 5.35. The van der Waals surface area contributed by atoms with Crippen molar-refractivity contribution in [2.75, 3.05) is 12.2 Å². The Morgan fingerprint density at radius 3 is 2.65 bits per heavy atom. The number of aromatic nitrogens is 1. The molecule has 1 aliphatic heterocycles. The highest BCUT2D eigenvalue weighted by Crippen LogP contribution is 2.36. The zero-order valence-corrected chi connectivity index (χ0v) is 10.6. The van der Waals surface area contributed by atoms with Crippen molar-refractivity contribution in [3.05, 3.63) is 46.7 Å². The Kier molecular flexibility index (Phi) is 2.68. The number of hydrogen-bond acceptors (Lipinski definition) is 3. The lowest BCUT2D eigenvalue weighted by molar-refractivity contribution is 0.174. The van der Waals surface area contributed by atoms with Gasteiger partial charge in [-0.05, 0) is 29.8 Å². The van der Waals surface area contributed by atoms with E-state index in [9.17, 15) is 0 Å². The SMILES string of the molecule is Brc1cc2c(cc1CNn1cccc1)OCO2. The molecular weight excluding hydrogens is 284 g/mol. The Morgan fingerprint density at radius 2 is 1.88 bits per heavy atom. The molecule has 2 aromatic rings. The first-order chi connectivity index (χ1) is 8.33.